The Morgan fingerprint density at radius 3 is 2.83 bits per heavy atom. The maximum Gasteiger partial charge on any atom is 0.252 e. The average Bonchev–Trinajstić information content (AvgIpc) is 3.06. The molecule has 1 saturated heterocycles. The maximum absolute atomic E-state index is 12.4. The van der Waals surface area contributed by atoms with Crippen molar-refractivity contribution in [3.8, 4) is 11.4 Å². The highest BCUT2D eigenvalue weighted by Crippen LogP contribution is 2.23. The second-order valence-electron chi connectivity index (χ2n) is 6.12. The van der Waals surface area contributed by atoms with E-state index in [0.29, 0.717) is 30.9 Å². The number of nitrogens with one attached hydrogen (secondary N) is 1. The number of benzene rings is 1. The van der Waals surface area contributed by atoms with Gasteiger partial charge in [-0.1, -0.05) is 30.3 Å². The van der Waals surface area contributed by atoms with E-state index in [9.17, 15) is 4.79 Å². The molecular weight excluding hydrogens is 324 g/mol. The maximum atomic E-state index is 12.4. The van der Waals surface area contributed by atoms with Crippen LogP contribution in [0.1, 0.15) is 24.1 Å². The third kappa shape index (κ3) is 3.32. The van der Waals surface area contributed by atoms with Crippen LogP contribution in [-0.2, 0) is 4.74 Å². The second-order valence-corrected chi connectivity index (χ2v) is 7.35. The van der Waals surface area contributed by atoms with Crippen LogP contribution in [0.3, 0.4) is 0 Å². The summed E-state index contributed by atoms with van der Waals surface area (Å²) in [6.45, 7) is 0.536. The number of ether oxygens (including phenoxy) is 1. The van der Waals surface area contributed by atoms with Crippen molar-refractivity contribution in [2.75, 3.05) is 23.4 Å². The zero-order valence-electron chi connectivity index (χ0n) is 13.4. The number of hydrogen-bond acceptors (Lipinski definition) is 6. The van der Waals surface area contributed by atoms with Gasteiger partial charge in [0.15, 0.2) is 5.82 Å². The predicted octanol–water partition coefficient (Wildman–Crippen LogP) is 2.68. The first-order chi connectivity index (χ1) is 11.8. The highest BCUT2D eigenvalue weighted by Gasteiger charge is 2.28. The second kappa shape index (κ2) is 6.94. The Bertz CT molecular complexity index is 713. The number of hydrogen-bond donors (Lipinski definition) is 1. The minimum absolute atomic E-state index is 0.0348. The van der Waals surface area contributed by atoms with E-state index in [0.717, 1.165) is 29.9 Å². The van der Waals surface area contributed by atoms with E-state index in [2.05, 4.69) is 15.4 Å². The van der Waals surface area contributed by atoms with Crippen LogP contribution in [-0.4, -0.2) is 50.9 Å². The topological polar surface area (TPSA) is 69.0 Å². The van der Waals surface area contributed by atoms with Crippen molar-refractivity contribution in [1.29, 1.82) is 0 Å². The van der Waals surface area contributed by atoms with Gasteiger partial charge in [0.25, 0.3) is 5.91 Å². The van der Waals surface area contributed by atoms with Gasteiger partial charge in [-0.05, 0) is 24.3 Å². The molecule has 1 atom stereocenters. The highest BCUT2D eigenvalue weighted by molar-refractivity contribution is 7.99. The fourth-order valence-corrected chi connectivity index (χ4v) is 4.08. The van der Waals surface area contributed by atoms with Gasteiger partial charge in [-0.25, -0.2) is 0 Å². The van der Waals surface area contributed by atoms with Crippen molar-refractivity contribution in [2.45, 2.75) is 31.4 Å². The minimum Gasteiger partial charge on any atom is -0.376 e. The summed E-state index contributed by atoms with van der Waals surface area (Å²) in [5, 5.41) is 7.63. The fourth-order valence-electron chi connectivity index (χ4n) is 3.02. The van der Waals surface area contributed by atoms with Crippen LogP contribution < -0.4 is 5.32 Å². The molecule has 0 saturated carbocycles. The largest absolute Gasteiger partial charge is 0.376 e. The molecule has 1 aromatic heterocycles. The number of nitrogens with zero attached hydrogens (tertiary/aromatic N) is 3. The van der Waals surface area contributed by atoms with Gasteiger partial charge in [0.1, 0.15) is 0 Å². The van der Waals surface area contributed by atoms with Gasteiger partial charge in [0, 0.05) is 5.56 Å². The molecule has 4 rings (SSSR count). The molecule has 0 aliphatic carbocycles. The van der Waals surface area contributed by atoms with E-state index in [1.54, 1.807) is 0 Å². The Labute approximate surface area is 145 Å². The molecule has 24 heavy (non-hydrogen) atoms. The predicted molar refractivity (Wildman–Crippen MR) is 94.4 cm³/mol. The number of aromatic nitrogens is 3. The van der Waals surface area contributed by atoms with E-state index in [4.69, 9.17) is 4.74 Å². The van der Waals surface area contributed by atoms with Crippen LogP contribution in [0.2, 0.25) is 0 Å². The van der Waals surface area contributed by atoms with Crippen molar-refractivity contribution in [3.05, 3.63) is 30.3 Å². The summed E-state index contributed by atoms with van der Waals surface area (Å²) in [5.41, 5.74) is 0.904. The molecule has 0 amide bonds. The third-order valence-corrected chi connectivity index (χ3v) is 5.38. The van der Waals surface area contributed by atoms with Crippen LogP contribution in [0.4, 0.5) is 5.95 Å². The number of thioether (sulfide) groups is 1. The van der Waals surface area contributed by atoms with Gasteiger partial charge in [-0.2, -0.15) is 21.4 Å². The Balaban J connectivity index is 1.44. The van der Waals surface area contributed by atoms with Crippen LogP contribution in [0.5, 0.6) is 0 Å². The smallest absolute Gasteiger partial charge is 0.252 e. The van der Waals surface area contributed by atoms with Gasteiger partial charge in [0.05, 0.1) is 25.2 Å². The van der Waals surface area contributed by atoms with Crippen LogP contribution >= 0.6 is 11.8 Å². The van der Waals surface area contributed by atoms with Gasteiger partial charge in [-0.15, -0.1) is 5.10 Å². The van der Waals surface area contributed by atoms with E-state index < -0.39 is 0 Å². The van der Waals surface area contributed by atoms with E-state index in [1.807, 2.05) is 42.1 Å². The van der Waals surface area contributed by atoms with Crippen LogP contribution in [0, 0.1) is 0 Å². The summed E-state index contributed by atoms with van der Waals surface area (Å²) in [7, 11) is 0. The molecule has 1 N–H and O–H groups in total. The minimum atomic E-state index is -0.0359. The number of fused-ring (bicyclic) bond motifs is 1. The van der Waals surface area contributed by atoms with E-state index in [-0.39, 0.29) is 11.9 Å². The highest BCUT2D eigenvalue weighted by atomic mass is 32.2. The molecule has 2 aromatic rings. The average molecular weight is 344 g/mol. The molecular formula is C17H20N4O2S. The molecule has 0 spiro atoms. The third-order valence-electron chi connectivity index (χ3n) is 4.33. The van der Waals surface area contributed by atoms with E-state index in [1.165, 1.54) is 4.68 Å². The number of rotatable bonds is 4. The number of carbonyl (C=O) groups is 1. The summed E-state index contributed by atoms with van der Waals surface area (Å²) >= 11 is 1.98. The zero-order chi connectivity index (χ0) is 16.4. The number of anilines is 1. The molecule has 0 radical (unpaired) electrons. The first kappa shape index (κ1) is 15.7. The lowest BCUT2D eigenvalue weighted by molar-refractivity contribution is 0.0382. The molecule has 6 nitrogen and oxygen atoms in total. The molecule has 2 aliphatic heterocycles. The summed E-state index contributed by atoms with van der Waals surface area (Å²) in [6.07, 6.45) is 2.90. The molecule has 126 valence electrons. The Kier molecular flexibility index (Phi) is 4.53. The van der Waals surface area contributed by atoms with Crippen molar-refractivity contribution < 1.29 is 9.53 Å². The summed E-state index contributed by atoms with van der Waals surface area (Å²) < 4.78 is 7.36. The zero-order valence-corrected chi connectivity index (χ0v) is 14.2. The molecule has 0 bridgehead atoms. The first-order valence-corrected chi connectivity index (χ1v) is 9.46. The molecule has 1 unspecified atom stereocenters. The molecule has 1 fully saturated rings. The summed E-state index contributed by atoms with van der Waals surface area (Å²) in [6, 6.07) is 9.65. The SMILES string of the molecule is O=C1CC(COC2CCSCC2)Nc2nc(-c3ccccc3)nn21. The lowest BCUT2D eigenvalue weighted by Gasteiger charge is -2.27. The van der Waals surface area contributed by atoms with Crippen molar-refractivity contribution in [2.24, 2.45) is 0 Å². The van der Waals surface area contributed by atoms with Crippen LogP contribution in [0.25, 0.3) is 11.4 Å². The Hall–Kier alpha value is -1.86. The molecule has 3 heterocycles. The van der Waals surface area contributed by atoms with Gasteiger partial charge in [0.2, 0.25) is 5.95 Å². The van der Waals surface area contributed by atoms with Gasteiger partial charge >= 0.3 is 0 Å². The fraction of sp³-hybridized carbons (Fsp3) is 0.471. The molecule has 2 aliphatic rings. The van der Waals surface area contributed by atoms with Gasteiger partial charge < -0.3 is 10.1 Å². The lowest BCUT2D eigenvalue weighted by atomic mass is 10.1. The number of carbonyl (C=O) groups excluding carboxylic acids is 1. The molecule has 7 heteroatoms. The van der Waals surface area contributed by atoms with E-state index >= 15 is 0 Å². The summed E-state index contributed by atoms with van der Waals surface area (Å²) in [4.78, 5) is 16.8. The standard InChI is InChI=1S/C17H20N4O2S/c22-15-10-13(11-23-14-6-8-24-9-7-14)18-17-19-16(20-21(15)17)12-4-2-1-3-5-12/h1-5,13-14H,6-11H2,(H,18,19,20). The van der Waals surface area contributed by atoms with Crippen molar-refractivity contribution in [3.63, 3.8) is 0 Å². The van der Waals surface area contributed by atoms with Gasteiger partial charge in [-0.3, -0.25) is 4.79 Å². The van der Waals surface area contributed by atoms with Crippen LogP contribution in [0.15, 0.2) is 30.3 Å². The Morgan fingerprint density at radius 1 is 1.25 bits per heavy atom. The monoisotopic (exact) mass is 344 g/mol. The summed E-state index contributed by atoms with van der Waals surface area (Å²) in [5.74, 6) is 3.37. The lowest BCUT2D eigenvalue weighted by Crippen LogP contribution is -2.38. The first-order valence-electron chi connectivity index (χ1n) is 8.31. The van der Waals surface area contributed by atoms with Crippen molar-refractivity contribution >= 4 is 23.6 Å². The molecule has 1 aromatic carbocycles. The quantitative estimate of drug-likeness (QED) is 0.920. The normalized spacial score (nSPS) is 21.3. The van der Waals surface area contributed by atoms with Crippen molar-refractivity contribution in [1.82, 2.24) is 14.8 Å². The Morgan fingerprint density at radius 2 is 2.04 bits per heavy atom.